The van der Waals surface area contributed by atoms with Crippen molar-refractivity contribution in [1.82, 2.24) is 0 Å². The van der Waals surface area contributed by atoms with Gasteiger partial charge in [0.25, 0.3) is 0 Å². The first-order valence-electron chi connectivity index (χ1n) is 9.38. The van der Waals surface area contributed by atoms with Crippen molar-refractivity contribution in [2.45, 2.75) is 6.08 Å². The van der Waals surface area contributed by atoms with Gasteiger partial charge in [-0.25, -0.2) is 0 Å². The average Bonchev–Trinajstić information content (AvgIpc) is 3.24. The molecule has 6 heteroatoms. The fourth-order valence-electron chi connectivity index (χ4n) is 1.77. The molecular formula is C19H22O6. The molecule has 0 amide bonds. The number of hydrogen-bond acceptors (Lipinski definition) is 6. The first kappa shape index (κ1) is 13.8. The van der Waals surface area contributed by atoms with Gasteiger partial charge in [-0.2, -0.15) is 0 Å². The van der Waals surface area contributed by atoms with Crippen LogP contribution in [0.1, 0.15) is 27.5 Å². The molecule has 0 spiro atoms. The van der Waals surface area contributed by atoms with Gasteiger partial charge in [0, 0.05) is 19.8 Å². The minimum Gasteiger partial charge on any atom is -0.468 e. The lowest BCUT2D eigenvalue weighted by Gasteiger charge is -2.05. The summed E-state index contributed by atoms with van der Waals surface area (Å²) in [6.07, 6.45) is -2.33. The highest BCUT2D eigenvalue weighted by Crippen LogP contribution is 2.31. The minimum absolute atomic E-state index is 0.113. The third kappa shape index (κ3) is 6.93. The summed E-state index contributed by atoms with van der Waals surface area (Å²) in [4.78, 5) is 10.7. The van der Waals surface area contributed by atoms with Crippen molar-refractivity contribution in [3.63, 3.8) is 0 Å². The zero-order chi connectivity index (χ0) is 21.5. The van der Waals surface area contributed by atoms with E-state index in [2.05, 4.69) is 0 Å². The highest BCUT2D eigenvalue weighted by atomic mass is 16.7. The molecule has 2 aromatic carbocycles. The molecule has 1 fully saturated rings. The first-order valence-corrected chi connectivity index (χ1v) is 7.38. The molecule has 1 atom stereocenters. The molecule has 0 radical (unpaired) electrons. The predicted molar refractivity (Wildman–Crippen MR) is 92.0 cm³/mol. The van der Waals surface area contributed by atoms with Gasteiger partial charge in [-0.15, -0.1) is 0 Å². The van der Waals surface area contributed by atoms with Gasteiger partial charge >= 0.3 is 0 Å². The van der Waals surface area contributed by atoms with Crippen molar-refractivity contribution in [1.29, 1.82) is 0 Å². The monoisotopic (exact) mass is 350 g/mol. The fourth-order valence-corrected chi connectivity index (χ4v) is 1.77. The molecule has 1 saturated heterocycles. The van der Waals surface area contributed by atoms with E-state index in [1.165, 1.54) is 20.3 Å². The fraction of sp³-hybridized carbons (Fsp3) is 0.316. The van der Waals surface area contributed by atoms with E-state index >= 15 is 0 Å². The zero-order valence-electron chi connectivity index (χ0n) is 18.0. The Morgan fingerprint density at radius 1 is 1.16 bits per heavy atom. The maximum Gasteiger partial charge on any atom is 0.188 e. The highest BCUT2D eigenvalue weighted by Gasteiger charge is 2.24. The van der Waals surface area contributed by atoms with Crippen LogP contribution in [0.15, 0.2) is 48.5 Å². The van der Waals surface area contributed by atoms with Crippen molar-refractivity contribution in [2.24, 2.45) is 0 Å². The Morgan fingerprint density at radius 2 is 1.76 bits per heavy atom. The smallest absolute Gasteiger partial charge is 0.188 e. The Kier molecular flexibility index (Phi) is 5.78. The second kappa shape index (κ2) is 10.5. The van der Waals surface area contributed by atoms with Crippen molar-refractivity contribution >= 4 is 6.26 Å². The summed E-state index contributed by atoms with van der Waals surface area (Å²) in [5.41, 5.74) is 0.750. The van der Waals surface area contributed by atoms with E-state index in [0.29, 0.717) is 22.6 Å². The maximum atomic E-state index is 10.7. The van der Waals surface area contributed by atoms with Gasteiger partial charge in [0.1, 0.15) is 25.2 Å². The summed E-state index contributed by atoms with van der Waals surface area (Å²) >= 11 is 0. The molecular weight excluding hydrogens is 324 g/mol. The molecule has 1 aliphatic rings. The van der Waals surface area contributed by atoms with E-state index in [9.17, 15) is 4.79 Å². The highest BCUT2D eigenvalue weighted by molar-refractivity contribution is 5.75. The van der Waals surface area contributed by atoms with Gasteiger partial charge in [-0.05, 0) is 29.8 Å². The number of methoxy groups -OCH3 is 2. The van der Waals surface area contributed by atoms with Gasteiger partial charge in [-0.3, -0.25) is 4.79 Å². The minimum atomic E-state index is -1.92. The molecule has 1 heterocycles. The molecule has 0 aliphatic carbocycles. The maximum absolute atomic E-state index is 10.7. The quantitative estimate of drug-likeness (QED) is 0.414. The van der Waals surface area contributed by atoms with Crippen LogP contribution in [0.5, 0.6) is 11.5 Å². The number of rotatable bonds is 8. The number of carbonyl (C=O) groups excluding carboxylic acids is 1. The molecule has 6 nitrogen and oxygen atoms in total. The van der Waals surface area contributed by atoms with E-state index in [-0.39, 0.29) is 13.6 Å². The third-order valence-electron chi connectivity index (χ3n) is 2.94. The summed E-state index contributed by atoms with van der Waals surface area (Å²) in [6.45, 7) is -1.68. The predicted octanol–water partition coefficient (Wildman–Crippen LogP) is 3.22. The summed E-state index contributed by atoms with van der Waals surface area (Å²) in [6, 6.07) is 13.0. The number of hydrogen-bond donors (Lipinski definition) is 0. The Bertz CT molecular complexity index is 832. The molecule has 1 aliphatic heterocycles. The Balaban J connectivity index is 0.000000212. The molecule has 25 heavy (non-hydrogen) atoms. The van der Waals surface area contributed by atoms with E-state index in [4.69, 9.17) is 29.2 Å². The second-order valence-corrected chi connectivity index (χ2v) is 4.79. The van der Waals surface area contributed by atoms with Gasteiger partial charge in [0.2, 0.25) is 0 Å². The van der Waals surface area contributed by atoms with E-state index in [1.54, 1.807) is 42.5 Å². The number of aldehydes is 1. The molecule has 1 unspecified atom stereocenters. The Hall–Kier alpha value is -2.41. The molecule has 0 N–H and O–H groups in total. The van der Waals surface area contributed by atoms with Gasteiger partial charge in [-0.1, -0.05) is 24.3 Å². The molecule has 0 saturated carbocycles. The molecule has 0 aromatic heterocycles. The molecule has 2 aromatic rings. The molecule has 3 rings (SSSR count). The van der Waals surface area contributed by atoms with Crippen LogP contribution in [0.4, 0.5) is 0 Å². The van der Waals surface area contributed by atoms with Crippen LogP contribution < -0.4 is 9.47 Å². The topological polar surface area (TPSA) is 66.5 Å². The number of ether oxygens (including phenoxy) is 5. The van der Waals surface area contributed by atoms with Gasteiger partial charge < -0.3 is 23.7 Å². The lowest BCUT2D eigenvalue weighted by molar-refractivity contribution is 0.0509. The van der Waals surface area contributed by atoms with Crippen LogP contribution in [0.25, 0.3) is 0 Å². The Morgan fingerprint density at radius 3 is 2.32 bits per heavy atom. The lowest BCUT2D eigenvalue weighted by atomic mass is 10.1. The standard InChI is InChI=1S/C10H12O3.C9H10O3/c1-11-7-13-9-4-2-3-8(5-9)10-6-12-10;1-11-7-12-9-4-2-3-8(5-9)6-10/h2-5,10H,6-7H2,1H3;2-6H,7H2,1H3/i6D2,10D;6D. The average molecular weight is 350 g/mol. The van der Waals surface area contributed by atoms with Gasteiger partial charge in [0.05, 0.1) is 10.7 Å². The summed E-state index contributed by atoms with van der Waals surface area (Å²) in [5.74, 6) is 1.05. The molecule has 0 bridgehead atoms. The number of carbonyl (C=O) groups is 1. The summed E-state index contributed by atoms with van der Waals surface area (Å²) in [7, 11) is 3.03. The zero-order valence-corrected chi connectivity index (χ0v) is 14.0. The lowest BCUT2D eigenvalue weighted by Crippen LogP contribution is -1.98. The van der Waals surface area contributed by atoms with Crippen molar-refractivity contribution in [3.05, 3.63) is 59.7 Å². The van der Waals surface area contributed by atoms with Crippen LogP contribution in [-0.2, 0) is 14.2 Å². The van der Waals surface area contributed by atoms with Gasteiger partial charge in [0.15, 0.2) is 13.6 Å². The number of epoxide rings is 1. The van der Waals surface area contributed by atoms with E-state index in [0.717, 1.165) is 0 Å². The normalized spacial score (nSPS) is 22.2. The molecule has 134 valence electrons. The van der Waals surface area contributed by atoms with Crippen molar-refractivity contribution in [3.8, 4) is 11.5 Å². The summed E-state index contributed by atoms with van der Waals surface area (Å²) < 4.78 is 53.8. The van der Waals surface area contributed by atoms with Crippen LogP contribution in [0.2, 0.25) is 0 Å². The number of benzene rings is 2. The largest absolute Gasteiger partial charge is 0.468 e. The van der Waals surface area contributed by atoms with Crippen LogP contribution in [0.3, 0.4) is 0 Å². The van der Waals surface area contributed by atoms with Crippen LogP contribution in [0, 0.1) is 0 Å². The van der Waals surface area contributed by atoms with Crippen LogP contribution in [-0.4, -0.2) is 40.6 Å². The third-order valence-corrected chi connectivity index (χ3v) is 2.94. The summed E-state index contributed by atoms with van der Waals surface area (Å²) in [5, 5.41) is 0. The first-order chi connectivity index (χ1) is 13.7. The van der Waals surface area contributed by atoms with E-state index < -0.39 is 18.9 Å². The Labute approximate surface area is 152 Å². The SMILES string of the molecule is [2H]C(=O)c1cccc(OCOC)c1.[2H]C1([2H])OC1([2H])c1cccc(OCOC)c1. The van der Waals surface area contributed by atoms with Crippen molar-refractivity contribution < 1.29 is 34.0 Å². The van der Waals surface area contributed by atoms with Crippen molar-refractivity contribution in [2.75, 3.05) is 34.4 Å². The van der Waals surface area contributed by atoms with E-state index in [1.807, 2.05) is 0 Å². The van der Waals surface area contributed by atoms with Crippen LogP contribution >= 0.6 is 0 Å². The second-order valence-electron chi connectivity index (χ2n) is 4.79.